The Labute approximate surface area is 105 Å². The molecule has 2 aromatic rings. The third kappa shape index (κ3) is 2.03. The predicted octanol–water partition coefficient (Wildman–Crippen LogP) is 2.93. The Morgan fingerprint density at radius 1 is 1.33 bits per heavy atom. The molecule has 0 aliphatic rings. The highest BCUT2D eigenvalue weighted by Gasteiger charge is 2.16. The number of nitrogens with one attached hydrogen (secondary N) is 1. The number of nitrogens with two attached hydrogens (primary N) is 1. The number of halogens is 1. The molecule has 1 aromatic carbocycles. The minimum absolute atomic E-state index is 0.0859. The van der Waals surface area contributed by atoms with E-state index < -0.39 is 0 Å². The molecule has 3 N–H and O–H groups in total. The second kappa shape index (κ2) is 4.68. The van der Waals surface area contributed by atoms with Crippen LogP contribution in [0.2, 0.25) is 0 Å². The molecular formula is C13H16FN3O. The summed E-state index contributed by atoms with van der Waals surface area (Å²) in [7, 11) is 1.50. The molecule has 96 valence electrons. The molecule has 0 unspecified atom stereocenters. The number of rotatable bonds is 3. The van der Waals surface area contributed by atoms with Gasteiger partial charge in [0.05, 0.1) is 13.3 Å². The van der Waals surface area contributed by atoms with E-state index in [0.717, 1.165) is 5.56 Å². The lowest BCUT2D eigenvalue weighted by molar-refractivity contribution is 0.412. The number of anilines is 1. The van der Waals surface area contributed by atoms with Gasteiger partial charge in [0.1, 0.15) is 17.4 Å². The number of hydrogen-bond donors (Lipinski definition) is 2. The Balaban J connectivity index is 2.65. The average molecular weight is 249 g/mol. The lowest BCUT2D eigenvalue weighted by atomic mass is 9.97. The maximum Gasteiger partial charge on any atom is 0.130 e. The fourth-order valence-electron chi connectivity index (χ4n) is 1.90. The van der Waals surface area contributed by atoms with Gasteiger partial charge in [-0.1, -0.05) is 13.8 Å². The van der Waals surface area contributed by atoms with Gasteiger partial charge in [-0.15, -0.1) is 0 Å². The van der Waals surface area contributed by atoms with Gasteiger partial charge in [0.25, 0.3) is 0 Å². The van der Waals surface area contributed by atoms with Crippen LogP contribution >= 0.6 is 0 Å². The van der Waals surface area contributed by atoms with Crippen molar-refractivity contribution in [3.05, 3.63) is 29.7 Å². The van der Waals surface area contributed by atoms with Gasteiger partial charge >= 0.3 is 0 Å². The number of ether oxygens (including phenoxy) is 1. The fraction of sp³-hybridized carbons (Fsp3) is 0.308. The highest BCUT2D eigenvalue weighted by molar-refractivity contribution is 5.78. The monoisotopic (exact) mass is 249 g/mol. The van der Waals surface area contributed by atoms with E-state index in [-0.39, 0.29) is 11.7 Å². The van der Waals surface area contributed by atoms with E-state index >= 15 is 0 Å². The zero-order valence-electron chi connectivity index (χ0n) is 10.6. The maximum absolute atomic E-state index is 13.9. The van der Waals surface area contributed by atoms with Gasteiger partial charge in [0.2, 0.25) is 0 Å². The second-order valence-electron chi connectivity index (χ2n) is 4.43. The van der Waals surface area contributed by atoms with E-state index in [1.165, 1.54) is 13.2 Å². The summed E-state index contributed by atoms with van der Waals surface area (Å²) in [6.07, 6.45) is 1.61. The molecule has 5 heteroatoms. The largest absolute Gasteiger partial charge is 0.496 e. The predicted molar refractivity (Wildman–Crippen MR) is 69.0 cm³/mol. The molecular weight excluding hydrogens is 233 g/mol. The number of nitrogen functional groups attached to an aromatic ring is 1. The average Bonchev–Trinajstić information content (AvgIpc) is 2.74. The molecule has 0 bridgehead atoms. The molecule has 0 aliphatic heterocycles. The second-order valence-corrected chi connectivity index (χ2v) is 4.43. The number of aromatic amines is 1. The summed E-state index contributed by atoms with van der Waals surface area (Å²) >= 11 is 0. The number of benzene rings is 1. The van der Waals surface area contributed by atoms with Gasteiger partial charge in [-0.3, -0.25) is 5.10 Å². The number of hydrogen-bond acceptors (Lipinski definition) is 3. The van der Waals surface area contributed by atoms with E-state index in [1.54, 1.807) is 12.3 Å². The van der Waals surface area contributed by atoms with Crippen LogP contribution in [0.4, 0.5) is 10.2 Å². The highest BCUT2D eigenvalue weighted by atomic mass is 19.1. The third-order valence-electron chi connectivity index (χ3n) is 2.90. The molecule has 18 heavy (non-hydrogen) atoms. The van der Waals surface area contributed by atoms with Crippen molar-refractivity contribution in [2.24, 2.45) is 0 Å². The summed E-state index contributed by atoms with van der Waals surface area (Å²) in [5.74, 6) is 0.704. The van der Waals surface area contributed by atoms with Crippen molar-refractivity contribution in [1.29, 1.82) is 0 Å². The first-order valence-electron chi connectivity index (χ1n) is 5.71. The number of methoxy groups -OCH3 is 1. The molecule has 1 heterocycles. The van der Waals surface area contributed by atoms with Gasteiger partial charge in [-0.05, 0) is 17.5 Å². The van der Waals surface area contributed by atoms with E-state index in [4.69, 9.17) is 10.5 Å². The smallest absolute Gasteiger partial charge is 0.130 e. The lowest BCUT2D eigenvalue weighted by Crippen LogP contribution is -1.98. The standard InChI is InChI=1S/C13H16FN3O/c1-7(2)8-4-9(10-6-16-17-13(10)15)12(18-3)5-11(8)14/h4-7H,1-3H3,(H3,15,16,17). The van der Waals surface area contributed by atoms with Crippen molar-refractivity contribution in [1.82, 2.24) is 10.2 Å². The summed E-state index contributed by atoms with van der Waals surface area (Å²) in [5, 5.41) is 6.53. The number of H-pyrrole nitrogens is 1. The van der Waals surface area contributed by atoms with Gasteiger partial charge in [-0.2, -0.15) is 5.10 Å². The van der Waals surface area contributed by atoms with Crippen molar-refractivity contribution in [3.8, 4) is 16.9 Å². The van der Waals surface area contributed by atoms with Crippen molar-refractivity contribution in [2.75, 3.05) is 12.8 Å². The van der Waals surface area contributed by atoms with E-state index in [0.29, 0.717) is 22.7 Å². The molecule has 4 nitrogen and oxygen atoms in total. The molecule has 0 saturated carbocycles. The van der Waals surface area contributed by atoms with Crippen LogP contribution < -0.4 is 10.5 Å². The first-order chi connectivity index (χ1) is 8.54. The van der Waals surface area contributed by atoms with E-state index in [2.05, 4.69) is 10.2 Å². The minimum atomic E-state index is -0.271. The first-order valence-corrected chi connectivity index (χ1v) is 5.71. The number of aromatic nitrogens is 2. The fourth-order valence-corrected chi connectivity index (χ4v) is 1.90. The van der Waals surface area contributed by atoms with E-state index in [1.807, 2.05) is 13.8 Å². The van der Waals surface area contributed by atoms with Gasteiger partial charge in [0.15, 0.2) is 0 Å². The quantitative estimate of drug-likeness (QED) is 0.879. The van der Waals surface area contributed by atoms with Crippen LogP contribution in [0.3, 0.4) is 0 Å². The summed E-state index contributed by atoms with van der Waals surface area (Å²) in [5.41, 5.74) is 7.88. The van der Waals surface area contributed by atoms with Crippen LogP contribution in [-0.2, 0) is 0 Å². The normalized spacial score (nSPS) is 10.9. The summed E-state index contributed by atoms with van der Waals surface area (Å²) in [6, 6.07) is 3.15. The molecule has 0 atom stereocenters. The van der Waals surface area contributed by atoms with Gasteiger partial charge < -0.3 is 10.5 Å². The van der Waals surface area contributed by atoms with Crippen molar-refractivity contribution in [3.63, 3.8) is 0 Å². The Morgan fingerprint density at radius 2 is 2.06 bits per heavy atom. The zero-order valence-corrected chi connectivity index (χ0v) is 10.6. The van der Waals surface area contributed by atoms with Crippen LogP contribution in [0.25, 0.3) is 11.1 Å². The van der Waals surface area contributed by atoms with Crippen LogP contribution in [0.1, 0.15) is 25.3 Å². The molecule has 0 fully saturated rings. The zero-order chi connectivity index (χ0) is 13.3. The van der Waals surface area contributed by atoms with Gasteiger partial charge in [-0.25, -0.2) is 4.39 Å². The van der Waals surface area contributed by atoms with Crippen molar-refractivity contribution in [2.45, 2.75) is 19.8 Å². The summed E-state index contributed by atoms with van der Waals surface area (Å²) in [6.45, 7) is 3.88. The molecule has 0 spiro atoms. The van der Waals surface area contributed by atoms with Crippen LogP contribution in [0.5, 0.6) is 5.75 Å². The Kier molecular flexibility index (Phi) is 3.23. The molecule has 0 radical (unpaired) electrons. The molecule has 1 aromatic heterocycles. The topological polar surface area (TPSA) is 63.9 Å². The molecule has 0 aliphatic carbocycles. The highest BCUT2D eigenvalue weighted by Crippen LogP contribution is 2.36. The van der Waals surface area contributed by atoms with E-state index in [9.17, 15) is 4.39 Å². The minimum Gasteiger partial charge on any atom is -0.496 e. The third-order valence-corrected chi connectivity index (χ3v) is 2.90. The first kappa shape index (κ1) is 12.4. The van der Waals surface area contributed by atoms with Crippen LogP contribution in [0.15, 0.2) is 18.3 Å². The Hall–Kier alpha value is -2.04. The van der Waals surface area contributed by atoms with Crippen molar-refractivity contribution < 1.29 is 9.13 Å². The Bertz CT molecular complexity index is 563. The molecule has 0 amide bonds. The lowest BCUT2D eigenvalue weighted by Gasteiger charge is -2.13. The van der Waals surface area contributed by atoms with Crippen LogP contribution in [-0.4, -0.2) is 17.3 Å². The summed E-state index contributed by atoms with van der Waals surface area (Å²) in [4.78, 5) is 0. The SMILES string of the molecule is COc1cc(F)c(C(C)C)cc1-c1cn[nH]c1N. The number of nitrogens with zero attached hydrogens (tertiary/aromatic N) is 1. The molecule has 2 rings (SSSR count). The van der Waals surface area contributed by atoms with Crippen molar-refractivity contribution >= 4 is 5.82 Å². The maximum atomic E-state index is 13.9. The summed E-state index contributed by atoms with van der Waals surface area (Å²) < 4.78 is 19.1. The van der Waals surface area contributed by atoms with Gasteiger partial charge in [0, 0.05) is 17.2 Å². The Morgan fingerprint density at radius 3 is 2.56 bits per heavy atom. The molecule has 0 saturated heterocycles. The van der Waals surface area contributed by atoms with Crippen LogP contribution in [0, 0.1) is 5.82 Å².